The number of nitrogens with zero attached hydrogens (tertiary/aromatic N) is 2. The Morgan fingerprint density at radius 2 is 1.24 bits per heavy atom. The van der Waals surface area contributed by atoms with E-state index in [1.165, 1.54) is 0 Å². The van der Waals surface area contributed by atoms with Crippen LogP contribution >= 0.6 is 0 Å². The molecule has 1 heterocycles. The fourth-order valence-electron chi connectivity index (χ4n) is 3.57. The maximum absolute atomic E-state index is 13.3. The van der Waals surface area contributed by atoms with Crippen molar-refractivity contribution in [1.29, 1.82) is 0 Å². The standard InChI is InChI=1S/C27H26N4O3/c1-17-5-9-20(10-6-17)29-27(33)25-24(26(32)28-21-11-15-23(34-4)16-12-21)19(3)31(30-25)22-13-7-18(2)8-14-22/h5-16H,1-4H3,(H,28,32)(H,29,33). The Morgan fingerprint density at radius 1 is 0.735 bits per heavy atom. The van der Waals surface area contributed by atoms with Crippen LogP contribution < -0.4 is 15.4 Å². The lowest BCUT2D eigenvalue weighted by Crippen LogP contribution is -2.20. The van der Waals surface area contributed by atoms with Crippen molar-refractivity contribution in [3.8, 4) is 11.4 Å². The normalized spacial score (nSPS) is 10.6. The molecule has 2 amide bonds. The summed E-state index contributed by atoms with van der Waals surface area (Å²) in [7, 11) is 1.58. The number of nitrogens with one attached hydrogen (secondary N) is 2. The maximum Gasteiger partial charge on any atom is 0.277 e. The van der Waals surface area contributed by atoms with Crippen LogP contribution in [0.25, 0.3) is 5.69 Å². The SMILES string of the molecule is COc1ccc(NC(=O)c2c(C(=O)Nc3ccc(C)cc3)nn(-c3ccc(C)cc3)c2C)cc1. The molecule has 0 unspecified atom stereocenters. The second kappa shape index (κ2) is 9.62. The van der Waals surface area contributed by atoms with Gasteiger partial charge in [-0.3, -0.25) is 9.59 Å². The number of carbonyl (C=O) groups excluding carboxylic acids is 2. The molecule has 1 aromatic heterocycles. The van der Waals surface area contributed by atoms with E-state index < -0.39 is 11.8 Å². The van der Waals surface area contributed by atoms with Crippen molar-refractivity contribution in [2.24, 2.45) is 0 Å². The van der Waals surface area contributed by atoms with Gasteiger partial charge in [0.15, 0.2) is 5.69 Å². The number of anilines is 2. The summed E-state index contributed by atoms with van der Waals surface area (Å²) in [6, 6.07) is 22.1. The van der Waals surface area contributed by atoms with Crippen LogP contribution in [0.5, 0.6) is 5.75 Å². The van der Waals surface area contributed by atoms with Crippen molar-refractivity contribution in [1.82, 2.24) is 9.78 Å². The average Bonchev–Trinajstić information content (AvgIpc) is 3.19. The molecule has 172 valence electrons. The molecule has 0 atom stereocenters. The van der Waals surface area contributed by atoms with Gasteiger partial charge in [-0.05, 0) is 69.3 Å². The predicted molar refractivity (Wildman–Crippen MR) is 133 cm³/mol. The summed E-state index contributed by atoms with van der Waals surface area (Å²) in [4.78, 5) is 26.6. The lowest BCUT2D eigenvalue weighted by molar-refractivity contribution is 0.0988. The Balaban J connectivity index is 1.72. The minimum absolute atomic E-state index is 0.0460. The summed E-state index contributed by atoms with van der Waals surface area (Å²) in [5.74, 6) is -0.202. The topological polar surface area (TPSA) is 85.2 Å². The van der Waals surface area contributed by atoms with E-state index in [1.54, 1.807) is 43.0 Å². The van der Waals surface area contributed by atoms with E-state index in [4.69, 9.17) is 4.74 Å². The molecule has 7 heteroatoms. The van der Waals surface area contributed by atoms with E-state index in [1.807, 2.05) is 62.4 Å². The highest BCUT2D eigenvalue weighted by Crippen LogP contribution is 2.23. The fourth-order valence-corrected chi connectivity index (χ4v) is 3.57. The van der Waals surface area contributed by atoms with Crippen molar-refractivity contribution < 1.29 is 14.3 Å². The van der Waals surface area contributed by atoms with E-state index in [0.29, 0.717) is 22.8 Å². The van der Waals surface area contributed by atoms with E-state index >= 15 is 0 Å². The quantitative estimate of drug-likeness (QED) is 0.413. The third-order valence-corrected chi connectivity index (χ3v) is 5.49. The second-order valence-electron chi connectivity index (χ2n) is 8.06. The van der Waals surface area contributed by atoms with Crippen molar-refractivity contribution >= 4 is 23.2 Å². The van der Waals surface area contributed by atoms with Gasteiger partial charge in [0.25, 0.3) is 11.8 Å². The van der Waals surface area contributed by atoms with Crippen LogP contribution in [0.2, 0.25) is 0 Å². The largest absolute Gasteiger partial charge is 0.497 e. The average molecular weight is 455 g/mol. The molecule has 4 rings (SSSR count). The van der Waals surface area contributed by atoms with Crippen LogP contribution in [0.4, 0.5) is 11.4 Å². The molecule has 3 aromatic carbocycles. The molecule has 0 aliphatic rings. The summed E-state index contributed by atoms with van der Waals surface area (Å²) in [5, 5.41) is 10.2. The highest BCUT2D eigenvalue weighted by Gasteiger charge is 2.27. The lowest BCUT2D eigenvalue weighted by atomic mass is 10.1. The van der Waals surface area contributed by atoms with Gasteiger partial charge in [-0.25, -0.2) is 4.68 Å². The Kier molecular flexibility index (Phi) is 6.45. The third-order valence-electron chi connectivity index (χ3n) is 5.49. The van der Waals surface area contributed by atoms with Gasteiger partial charge in [0.2, 0.25) is 0 Å². The van der Waals surface area contributed by atoms with Crippen LogP contribution in [-0.4, -0.2) is 28.7 Å². The summed E-state index contributed by atoms with van der Waals surface area (Å²) in [6.45, 7) is 5.74. The van der Waals surface area contributed by atoms with Gasteiger partial charge in [-0.2, -0.15) is 5.10 Å². The number of hydrogen-bond acceptors (Lipinski definition) is 4. The molecule has 0 aliphatic carbocycles. The molecule has 0 fully saturated rings. The second-order valence-corrected chi connectivity index (χ2v) is 8.06. The molecule has 7 nitrogen and oxygen atoms in total. The molecule has 0 saturated carbocycles. The maximum atomic E-state index is 13.3. The Bertz CT molecular complexity index is 1320. The number of aryl methyl sites for hydroxylation is 2. The lowest BCUT2D eigenvalue weighted by Gasteiger charge is -2.09. The summed E-state index contributed by atoms with van der Waals surface area (Å²) in [6.07, 6.45) is 0. The van der Waals surface area contributed by atoms with E-state index in [2.05, 4.69) is 15.7 Å². The molecule has 34 heavy (non-hydrogen) atoms. The smallest absolute Gasteiger partial charge is 0.277 e. The van der Waals surface area contributed by atoms with Crippen molar-refractivity contribution in [3.63, 3.8) is 0 Å². The zero-order chi connectivity index (χ0) is 24.2. The molecule has 0 bridgehead atoms. The van der Waals surface area contributed by atoms with Gasteiger partial charge in [-0.1, -0.05) is 35.4 Å². The Hall–Kier alpha value is -4.39. The van der Waals surface area contributed by atoms with E-state index in [0.717, 1.165) is 16.8 Å². The first-order valence-electron chi connectivity index (χ1n) is 10.9. The number of methoxy groups -OCH3 is 1. The third kappa shape index (κ3) is 4.83. The number of carbonyl (C=O) groups is 2. The minimum Gasteiger partial charge on any atom is -0.497 e. The fraction of sp³-hybridized carbons (Fsp3) is 0.148. The van der Waals surface area contributed by atoms with Crippen LogP contribution in [0.3, 0.4) is 0 Å². The molecule has 0 saturated heterocycles. The minimum atomic E-state index is -0.460. The predicted octanol–water partition coefficient (Wildman–Crippen LogP) is 5.31. The molecule has 2 N–H and O–H groups in total. The van der Waals surface area contributed by atoms with Gasteiger partial charge in [-0.15, -0.1) is 0 Å². The number of rotatable bonds is 6. The monoisotopic (exact) mass is 454 g/mol. The number of ether oxygens (including phenoxy) is 1. The van der Waals surface area contributed by atoms with E-state index in [9.17, 15) is 9.59 Å². The first kappa shape index (κ1) is 22.8. The number of aromatic nitrogens is 2. The van der Waals surface area contributed by atoms with Crippen molar-refractivity contribution in [2.45, 2.75) is 20.8 Å². The molecule has 0 radical (unpaired) electrons. The van der Waals surface area contributed by atoms with Crippen LogP contribution in [0.15, 0.2) is 72.8 Å². The highest BCUT2D eigenvalue weighted by molar-refractivity contribution is 6.15. The number of hydrogen-bond donors (Lipinski definition) is 2. The van der Waals surface area contributed by atoms with Crippen molar-refractivity contribution in [2.75, 3.05) is 17.7 Å². The Morgan fingerprint density at radius 3 is 1.79 bits per heavy atom. The molecule has 0 aliphatic heterocycles. The molecule has 0 spiro atoms. The van der Waals surface area contributed by atoms with Gasteiger partial charge in [0.1, 0.15) is 5.75 Å². The Labute approximate surface area is 198 Å². The summed E-state index contributed by atoms with van der Waals surface area (Å²) >= 11 is 0. The van der Waals surface area contributed by atoms with Gasteiger partial charge >= 0.3 is 0 Å². The zero-order valence-corrected chi connectivity index (χ0v) is 19.5. The van der Waals surface area contributed by atoms with Crippen LogP contribution in [0, 0.1) is 20.8 Å². The number of amides is 2. The molecule has 4 aromatic rings. The highest BCUT2D eigenvalue weighted by atomic mass is 16.5. The number of benzene rings is 3. The summed E-state index contributed by atoms with van der Waals surface area (Å²) < 4.78 is 6.79. The summed E-state index contributed by atoms with van der Waals surface area (Å²) in [5.41, 5.74) is 4.96. The van der Waals surface area contributed by atoms with Gasteiger partial charge in [0, 0.05) is 11.4 Å². The first-order valence-corrected chi connectivity index (χ1v) is 10.9. The van der Waals surface area contributed by atoms with Gasteiger partial charge < -0.3 is 15.4 Å². The van der Waals surface area contributed by atoms with Gasteiger partial charge in [0.05, 0.1) is 24.1 Å². The molecular weight excluding hydrogens is 428 g/mol. The molecular formula is C27H26N4O3. The first-order chi connectivity index (χ1) is 16.4. The van der Waals surface area contributed by atoms with Crippen LogP contribution in [0.1, 0.15) is 37.7 Å². The zero-order valence-electron chi connectivity index (χ0n) is 19.5. The van der Waals surface area contributed by atoms with E-state index in [-0.39, 0.29) is 11.3 Å². The van der Waals surface area contributed by atoms with Crippen molar-refractivity contribution in [3.05, 3.63) is 101 Å². The van der Waals surface area contributed by atoms with Crippen LogP contribution in [-0.2, 0) is 0 Å².